The second-order valence-electron chi connectivity index (χ2n) is 13.5. The van der Waals surface area contributed by atoms with Gasteiger partial charge in [-0.05, 0) is 58.6 Å². The van der Waals surface area contributed by atoms with Crippen molar-refractivity contribution in [2.24, 2.45) is 0 Å². The molecule has 0 fully saturated rings. The number of benzene rings is 8. The summed E-state index contributed by atoms with van der Waals surface area (Å²) in [5, 5.41) is 2.51. The highest BCUT2D eigenvalue weighted by molar-refractivity contribution is 7.26. The van der Waals surface area contributed by atoms with Gasteiger partial charge in [0.25, 0.3) is 0 Å². The lowest BCUT2D eigenvalue weighted by atomic mass is 9.96. The molecular weight excluding hydrogens is 701 g/mol. The van der Waals surface area contributed by atoms with E-state index in [2.05, 4.69) is 36.4 Å². The van der Waals surface area contributed by atoms with Gasteiger partial charge in [-0.1, -0.05) is 158 Å². The van der Waals surface area contributed by atoms with Crippen molar-refractivity contribution in [1.82, 2.24) is 19.5 Å². The summed E-state index contributed by atoms with van der Waals surface area (Å²) in [5.74, 6) is 1.74. The van der Waals surface area contributed by atoms with Crippen LogP contribution in [0, 0.1) is 0 Å². The molecule has 262 valence electrons. The highest BCUT2D eigenvalue weighted by atomic mass is 32.1. The number of thiophene rings is 1. The van der Waals surface area contributed by atoms with Gasteiger partial charge in [0.2, 0.25) is 0 Å². The van der Waals surface area contributed by atoms with Crippen molar-refractivity contribution in [2.45, 2.75) is 0 Å². The van der Waals surface area contributed by atoms with E-state index in [9.17, 15) is 0 Å². The van der Waals surface area contributed by atoms with Gasteiger partial charge < -0.3 is 4.57 Å². The lowest BCUT2D eigenvalue weighted by Gasteiger charge is -2.14. The summed E-state index contributed by atoms with van der Waals surface area (Å²) in [5.41, 5.74) is 7.64. The Morgan fingerprint density at radius 2 is 0.982 bits per heavy atom. The van der Waals surface area contributed by atoms with Gasteiger partial charge in [0, 0.05) is 53.3 Å². The molecule has 0 atom stereocenters. The number of hydrogen-bond donors (Lipinski definition) is 0. The van der Waals surface area contributed by atoms with E-state index < -0.39 is 0 Å². The zero-order valence-corrected chi connectivity index (χ0v) is 30.5. The minimum Gasteiger partial charge on any atom is -0.309 e. The fraction of sp³-hybridized carbons (Fsp3) is 0. The van der Waals surface area contributed by atoms with E-state index in [0.29, 0.717) is 34.2 Å². The number of hydrogen-bond acceptors (Lipinski definition) is 4. The van der Waals surface area contributed by atoms with E-state index >= 15 is 0 Å². The van der Waals surface area contributed by atoms with Gasteiger partial charge in [-0.3, -0.25) is 0 Å². The molecule has 0 radical (unpaired) electrons. The average Bonchev–Trinajstić information content (AvgIpc) is 3.89. The molecule has 8 aromatic carbocycles. The molecule has 0 saturated heterocycles. The number of rotatable bonds is 6. The molecule has 11 rings (SSSR count). The zero-order valence-electron chi connectivity index (χ0n) is 35.7. The second-order valence-corrected chi connectivity index (χ2v) is 14.6. The summed E-state index contributed by atoms with van der Waals surface area (Å²) in [4.78, 5) is 15.1. The molecule has 0 aliphatic heterocycles. The Labute approximate surface area is 336 Å². The maximum atomic E-state index is 9.13. The van der Waals surface area contributed by atoms with E-state index in [-0.39, 0.29) is 47.0 Å². The average molecular weight is 739 g/mol. The molecular formula is C51H32N4S. The Bertz CT molecular complexity index is 3460. The molecule has 0 bridgehead atoms. The van der Waals surface area contributed by atoms with Crippen LogP contribution < -0.4 is 0 Å². The highest BCUT2D eigenvalue weighted by Crippen LogP contribution is 2.45. The lowest BCUT2D eigenvalue weighted by molar-refractivity contribution is 1.08. The third kappa shape index (κ3) is 5.40. The maximum Gasteiger partial charge on any atom is 0.164 e. The van der Waals surface area contributed by atoms with Crippen LogP contribution in [0.1, 0.15) is 8.22 Å². The molecule has 5 heteroatoms. The maximum absolute atomic E-state index is 9.13. The fourth-order valence-electron chi connectivity index (χ4n) is 7.66. The molecule has 0 spiro atoms. The SMILES string of the molecule is [2H]c1cc([2H])c2c(c1[2H])c1c([2H])c([2H])cc([2H])c1n2-c1cc(-c2ccccc2)cc(-c2cccc3c2sc2cccc(-c4nc(-c5ccccc5)nc(-c5ccccc5)n4)c23)c1. The molecule has 0 amide bonds. The van der Waals surface area contributed by atoms with Crippen LogP contribution in [0.4, 0.5) is 0 Å². The Morgan fingerprint density at radius 1 is 0.429 bits per heavy atom. The molecule has 0 saturated carbocycles. The lowest BCUT2D eigenvalue weighted by Crippen LogP contribution is -2.00. The van der Waals surface area contributed by atoms with Crippen LogP contribution in [-0.2, 0) is 0 Å². The predicted molar refractivity (Wildman–Crippen MR) is 234 cm³/mol. The summed E-state index contributed by atoms with van der Waals surface area (Å²) in [6.45, 7) is 0. The van der Waals surface area contributed by atoms with E-state index in [1.165, 1.54) is 12.1 Å². The highest BCUT2D eigenvalue weighted by Gasteiger charge is 2.20. The molecule has 4 nitrogen and oxygen atoms in total. The van der Waals surface area contributed by atoms with Gasteiger partial charge in [0.15, 0.2) is 17.5 Å². The van der Waals surface area contributed by atoms with Crippen molar-refractivity contribution >= 4 is 53.3 Å². The number of aromatic nitrogens is 4. The molecule has 0 aliphatic rings. The minimum atomic E-state index is -0.151. The summed E-state index contributed by atoms with van der Waals surface area (Å²) < 4.78 is 57.1. The molecule has 0 N–H and O–H groups in total. The van der Waals surface area contributed by atoms with Gasteiger partial charge in [0.1, 0.15) is 0 Å². The van der Waals surface area contributed by atoms with Gasteiger partial charge in [0.05, 0.1) is 19.3 Å². The van der Waals surface area contributed by atoms with Crippen molar-refractivity contribution in [1.29, 1.82) is 0 Å². The van der Waals surface area contributed by atoms with Crippen LogP contribution in [0.2, 0.25) is 0 Å². The van der Waals surface area contributed by atoms with E-state index in [1.807, 2.05) is 109 Å². The standard InChI is InChI=1S/C51H32N4S/c1-4-16-33(17-5-1)36-30-37(32-38(31-36)55-44-27-12-10-22-40(44)41-23-11-13-28-45(41)55)39-24-14-25-42-47-43(26-15-29-46(47)56-48(39)42)51-53-49(34-18-6-2-7-19-34)52-50(54-51)35-20-8-3-9-21-35/h1-32H/i10D,11D,22D,23D,27D,28D. The van der Waals surface area contributed by atoms with E-state index in [4.69, 9.17) is 23.2 Å². The Hall–Kier alpha value is -7.21. The van der Waals surface area contributed by atoms with Crippen molar-refractivity contribution in [2.75, 3.05) is 0 Å². The van der Waals surface area contributed by atoms with Crippen molar-refractivity contribution < 1.29 is 8.22 Å². The smallest absolute Gasteiger partial charge is 0.164 e. The first-order valence-electron chi connectivity index (χ1n) is 21.3. The molecule has 0 unspecified atom stereocenters. The van der Waals surface area contributed by atoms with Crippen LogP contribution >= 0.6 is 11.3 Å². The quantitative estimate of drug-likeness (QED) is 0.171. The first-order valence-corrected chi connectivity index (χ1v) is 19.1. The topological polar surface area (TPSA) is 43.6 Å². The second kappa shape index (κ2) is 13.3. The zero-order chi connectivity index (χ0) is 42.2. The molecule has 11 aromatic rings. The first-order chi connectivity index (χ1) is 30.2. The molecule has 3 heterocycles. The molecule has 3 aromatic heterocycles. The van der Waals surface area contributed by atoms with Gasteiger partial charge in [-0.2, -0.15) is 0 Å². The normalized spacial score (nSPS) is 13.1. The van der Waals surface area contributed by atoms with Crippen LogP contribution in [0.25, 0.3) is 104 Å². The number of nitrogens with zero attached hydrogens (tertiary/aromatic N) is 4. The first kappa shape index (κ1) is 26.5. The van der Waals surface area contributed by atoms with Crippen molar-refractivity contribution in [3.8, 4) is 62.1 Å². The third-order valence-electron chi connectivity index (χ3n) is 10.2. The van der Waals surface area contributed by atoms with E-state index in [0.717, 1.165) is 59.1 Å². The van der Waals surface area contributed by atoms with Crippen LogP contribution in [-0.4, -0.2) is 19.5 Å². The van der Waals surface area contributed by atoms with Crippen molar-refractivity contribution in [3.05, 3.63) is 194 Å². The van der Waals surface area contributed by atoms with Crippen molar-refractivity contribution in [3.63, 3.8) is 0 Å². The molecule has 56 heavy (non-hydrogen) atoms. The number of para-hydroxylation sites is 2. The monoisotopic (exact) mass is 738 g/mol. The number of fused-ring (bicyclic) bond motifs is 6. The fourth-order valence-corrected chi connectivity index (χ4v) is 8.92. The Kier molecular flexibility index (Phi) is 6.29. The van der Waals surface area contributed by atoms with Crippen LogP contribution in [0.3, 0.4) is 0 Å². The Morgan fingerprint density at radius 3 is 1.62 bits per heavy atom. The van der Waals surface area contributed by atoms with Gasteiger partial charge >= 0.3 is 0 Å². The largest absolute Gasteiger partial charge is 0.309 e. The summed E-state index contributed by atoms with van der Waals surface area (Å²) in [6.07, 6.45) is 0. The van der Waals surface area contributed by atoms with Crippen LogP contribution in [0.15, 0.2) is 194 Å². The summed E-state index contributed by atoms with van der Waals surface area (Å²) in [7, 11) is 0. The summed E-state index contributed by atoms with van der Waals surface area (Å²) >= 11 is 1.69. The summed E-state index contributed by atoms with van der Waals surface area (Å²) in [6, 6.07) is 50.7. The molecule has 0 aliphatic carbocycles. The minimum absolute atomic E-state index is 0.00231. The Balaban J connectivity index is 1.18. The van der Waals surface area contributed by atoms with E-state index in [1.54, 1.807) is 15.9 Å². The third-order valence-corrected chi connectivity index (χ3v) is 11.4. The van der Waals surface area contributed by atoms with Gasteiger partial charge in [-0.15, -0.1) is 11.3 Å². The predicted octanol–water partition coefficient (Wildman–Crippen LogP) is 13.7. The van der Waals surface area contributed by atoms with Gasteiger partial charge in [-0.25, -0.2) is 15.0 Å². The van der Waals surface area contributed by atoms with Crippen LogP contribution in [0.5, 0.6) is 0 Å².